The number of aliphatic hydroxyl groups is 1. The molecule has 0 radical (unpaired) electrons. The highest BCUT2D eigenvalue weighted by Gasteiger charge is 2.20. The number of nitrogens with zero attached hydrogens (tertiary/aromatic N) is 1. The number of hydrogen-bond acceptors (Lipinski definition) is 2. The van der Waals surface area contributed by atoms with Crippen LogP contribution in [0.25, 0.3) is 0 Å². The average molecular weight is 333 g/mol. The summed E-state index contributed by atoms with van der Waals surface area (Å²) in [6.45, 7) is 7.31. The Morgan fingerprint density at radius 3 is 2.50 bits per heavy atom. The van der Waals surface area contributed by atoms with E-state index in [2.05, 4.69) is 73.5 Å². The molecule has 0 spiro atoms. The fraction of sp³-hybridized carbons (Fsp3) is 0.538. The van der Waals surface area contributed by atoms with E-state index in [0.29, 0.717) is 0 Å². The molecule has 1 rings (SSSR count). The Morgan fingerprint density at radius 2 is 2.00 bits per heavy atom. The molecule has 0 fully saturated rings. The number of halogens is 1. The van der Waals surface area contributed by atoms with Crippen LogP contribution < -0.4 is 4.90 Å². The zero-order chi connectivity index (χ0) is 12.3. The van der Waals surface area contributed by atoms with Gasteiger partial charge in [-0.3, -0.25) is 0 Å². The molecule has 1 N–H and O–H groups in total. The van der Waals surface area contributed by atoms with E-state index in [-0.39, 0.29) is 12.0 Å². The second-order valence-corrected chi connectivity index (χ2v) is 6.30. The number of rotatable bonds is 4. The number of benzene rings is 1. The van der Waals surface area contributed by atoms with Crippen LogP contribution in [0.15, 0.2) is 18.2 Å². The summed E-state index contributed by atoms with van der Waals surface area (Å²) in [5.74, 6) is 0. The normalized spacial score (nSPS) is 11.6. The van der Waals surface area contributed by atoms with Crippen LogP contribution in [-0.2, 0) is 0 Å². The predicted molar refractivity (Wildman–Crippen MR) is 78.0 cm³/mol. The molecule has 0 saturated heterocycles. The molecule has 90 valence electrons. The van der Waals surface area contributed by atoms with Crippen molar-refractivity contribution in [3.8, 4) is 0 Å². The average Bonchev–Trinajstić information content (AvgIpc) is 2.16. The molecule has 16 heavy (non-hydrogen) atoms. The Morgan fingerprint density at radius 1 is 1.38 bits per heavy atom. The smallest absolute Gasteiger partial charge is 0.0499 e. The van der Waals surface area contributed by atoms with Gasteiger partial charge in [0.2, 0.25) is 0 Å². The second kappa shape index (κ2) is 5.36. The van der Waals surface area contributed by atoms with Gasteiger partial charge < -0.3 is 10.0 Å². The van der Waals surface area contributed by atoms with Gasteiger partial charge >= 0.3 is 0 Å². The molecular weight excluding hydrogens is 313 g/mol. The molecule has 0 heterocycles. The molecule has 0 bridgehead atoms. The molecule has 0 aromatic heterocycles. The van der Waals surface area contributed by atoms with Crippen LogP contribution in [0.5, 0.6) is 0 Å². The summed E-state index contributed by atoms with van der Waals surface area (Å²) in [4.78, 5) is 2.21. The zero-order valence-corrected chi connectivity index (χ0v) is 12.6. The third-order valence-corrected chi connectivity index (χ3v) is 3.47. The molecule has 0 aliphatic heterocycles. The first-order valence-corrected chi connectivity index (χ1v) is 6.52. The summed E-state index contributed by atoms with van der Waals surface area (Å²) in [6, 6.07) is 6.45. The van der Waals surface area contributed by atoms with Crippen LogP contribution in [0.3, 0.4) is 0 Å². The molecule has 3 heteroatoms. The lowest BCUT2D eigenvalue weighted by Crippen LogP contribution is -2.34. The quantitative estimate of drug-likeness (QED) is 0.856. The first-order chi connectivity index (χ1) is 7.35. The summed E-state index contributed by atoms with van der Waals surface area (Å²) < 4.78 is 1.26. The van der Waals surface area contributed by atoms with Crippen molar-refractivity contribution in [3.05, 3.63) is 27.3 Å². The van der Waals surface area contributed by atoms with Crippen LogP contribution in [0, 0.1) is 15.9 Å². The van der Waals surface area contributed by atoms with Crippen LogP contribution in [0.1, 0.15) is 19.4 Å². The Balaban J connectivity index is 2.84. The minimum atomic E-state index is -0.0667. The first kappa shape index (κ1) is 13.8. The Kier molecular flexibility index (Phi) is 4.62. The molecule has 0 aliphatic rings. The topological polar surface area (TPSA) is 23.5 Å². The molecular formula is C13H20INO. The standard InChI is InChI=1S/C13H20INO/c1-10-5-6-12(11(14)7-10)15(4)8-13(2,3)9-16/h5-7,16H,8-9H2,1-4H3. The van der Waals surface area contributed by atoms with Crippen molar-refractivity contribution in [1.29, 1.82) is 0 Å². The maximum absolute atomic E-state index is 9.27. The third kappa shape index (κ3) is 3.63. The summed E-state index contributed by atoms with van der Waals surface area (Å²) in [6.07, 6.45) is 0. The predicted octanol–water partition coefficient (Wildman–Crippen LogP) is 3.05. The van der Waals surface area contributed by atoms with Crippen LogP contribution in [0.4, 0.5) is 5.69 Å². The van der Waals surface area contributed by atoms with Crippen molar-refractivity contribution in [2.24, 2.45) is 5.41 Å². The van der Waals surface area contributed by atoms with Crippen LogP contribution >= 0.6 is 22.6 Å². The summed E-state index contributed by atoms with van der Waals surface area (Å²) >= 11 is 2.36. The van der Waals surface area contributed by atoms with E-state index in [4.69, 9.17) is 0 Å². The Bertz CT molecular complexity index is 363. The van der Waals surface area contributed by atoms with Gasteiger partial charge in [0.1, 0.15) is 0 Å². The van der Waals surface area contributed by atoms with Crippen molar-refractivity contribution in [2.45, 2.75) is 20.8 Å². The SMILES string of the molecule is Cc1ccc(N(C)CC(C)(C)CO)c(I)c1. The van der Waals surface area contributed by atoms with E-state index in [1.807, 2.05) is 0 Å². The van der Waals surface area contributed by atoms with E-state index < -0.39 is 0 Å². The van der Waals surface area contributed by atoms with E-state index in [1.165, 1.54) is 14.8 Å². The molecule has 0 atom stereocenters. The van der Waals surface area contributed by atoms with Gasteiger partial charge in [0.05, 0.1) is 0 Å². The third-order valence-electron chi connectivity index (χ3n) is 2.61. The van der Waals surface area contributed by atoms with Crippen LogP contribution in [-0.4, -0.2) is 25.3 Å². The maximum atomic E-state index is 9.27. The van der Waals surface area contributed by atoms with Crippen LogP contribution in [0.2, 0.25) is 0 Å². The maximum Gasteiger partial charge on any atom is 0.0499 e. The van der Waals surface area contributed by atoms with Gasteiger partial charge in [-0.1, -0.05) is 19.9 Å². The molecule has 2 nitrogen and oxygen atoms in total. The molecule has 0 aliphatic carbocycles. The summed E-state index contributed by atoms with van der Waals surface area (Å²) in [5, 5.41) is 9.27. The lowest BCUT2D eigenvalue weighted by Gasteiger charge is -2.30. The lowest BCUT2D eigenvalue weighted by atomic mass is 9.94. The first-order valence-electron chi connectivity index (χ1n) is 5.44. The highest BCUT2D eigenvalue weighted by molar-refractivity contribution is 14.1. The number of aryl methyl sites for hydroxylation is 1. The zero-order valence-electron chi connectivity index (χ0n) is 10.4. The molecule has 0 amide bonds. The molecule has 0 saturated carbocycles. The van der Waals surface area contributed by atoms with Crippen molar-refractivity contribution in [2.75, 3.05) is 25.1 Å². The molecule has 1 aromatic rings. The highest BCUT2D eigenvalue weighted by Crippen LogP contribution is 2.25. The number of anilines is 1. The Hall–Kier alpha value is -0.290. The number of aliphatic hydroxyl groups excluding tert-OH is 1. The van der Waals surface area contributed by atoms with Crippen molar-refractivity contribution >= 4 is 28.3 Å². The molecule has 1 aromatic carbocycles. The lowest BCUT2D eigenvalue weighted by molar-refractivity contribution is 0.165. The van der Waals surface area contributed by atoms with E-state index >= 15 is 0 Å². The van der Waals surface area contributed by atoms with Crippen molar-refractivity contribution in [3.63, 3.8) is 0 Å². The van der Waals surface area contributed by atoms with Gasteiger partial charge in [-0.05, 0) is 47.2 Å². The highest BCUT2D eigenvalue weighted by atomic mass is 127. The molecule has 0 unspecified atom stereocenters. The van der Waals surface area contributed by atoms with E-state index in [0.717, 1.165) is 6.54 Å². The fourth-order valence-electron chi connectivity index (χ4n) is 1.70. The van der Waals surface area contributed by atoms with Gasteiger partial charge in [-0.15, -0.1) is 0 Å². The van der Waals surface area contributed by atoms with Gasteiger partial charge in [0, 0.05) is 34.9 Å². The van der Waals surface area contributed by atoms with Crippen molar-refractivity contribution < 1.29 is 5.11 Å². The van der Waals surface area contributed by atoms with Gasteiger partial charge in [-0.2, -0.15) is 0 Å². The second-order valence-electron chi connectivity index (χ2n) is 5.13. The van der Waals surface area contributed by atoms with E-state index in [1.54, 1.807) is 0 Å². The largest absolute Gasteiger partial charge is 0.396 e. The van der Waals surface area contributed by atoms with E-state index in [9.17, 15) is 5.11 Å². The van der Waals surface area contributed by atoms with Gasteiger partial charge in [-0.25, -0.2) is 0 Å². The minimum absolute atomic E-state index is 0.0667. The van der Waals surface area contributed by atoms with Gasteiger partial charge in [0.25, 0.3) is 0 Å². The van der Waals surface area contributed by atoms with Gasteiger partial charge in [0.15, 0.2) is 0 Å². The summed E-state index contributed by atoms with van der Waals surface area (Å²) in [7, 11) is 2.07. The van der Waals surface area contributed by atoms with Crippen molar-refractivity contribution in [1.82, 2.24) is 0 Å². The monoisotopic (exact) mass is 333 g/mol. The summed E-state index contributed by atoms with van der Waals surface area (Å²) in [5.41, 5.74) is 2.44. The Labute approximate surface area is 112 Å². The number of hydrogen-bond donors (Lipinski definition) is 1. The minimum Gasteiger partial charge on any atom is -0.396 e. The fourth-order valence-corrected chi connectivity index (χ4v) is 2.78.